The fourth-order valence-electron chi connectivity index (χ4n) is 5.29. The molecule has 2 aliphatic heterocycles. The smallest absolute Gasteiger partial charge is 0.270 e. The normalized spacial score (nSPS) is 16.2. The van der Waals surface area contributed by atoms with Crippen molar-refractivity contribution < 1.29 is 19.1 Å². The van der Waals surface area contributed by atoms with E-state index in [1.54, 1.807) is 32.5 Å². The van der Waals surface area contributed by atoms with Crippen LogP contribution >= 0.6 is 11.3 Å². The van der Waals surface area contributed by atoms with Crippen LogP contribution in [0.3, 0.4) is 0 Å². The Balaban J connectivity index is 1.61. The molecule has 8 nitrogen and oxygen atoms in total. The van der Waals surface area contributed by atoms with Gasteiger partial charge in [0.15, 0.2) is 0 Å². The number of hydrogen-bond donors (Lipinski definition) is 1. The number of rotatable bonds is 6. The summed E-state index contributed by atoms with van der Waals surface area (Å²) >= 11 is 1.63. The average Bonchev–Trinajstić information content (AvgIpc) is 3.65. The van der Waals surface area contributed by atoms with Crippen molar-refractivity contribution in [2.45, 2.75) is 38.8 Å². The summed E-state index contributed by atoms with van der Waals surface area (Å²) in [4.78, 5) is 43.4. The van der Waals surface area contributed by atoms with E-state index in [0.717, 1.165) is 46.6 Å². The van der Waals surface area contributed by atoms with E-state index in [2.05, 4.69) is 22.9 Å². The second-order valence-corrected chi connectivity index (χ2v) is 10.8. The molecule has 0 bridgehead atoms. The highest BCUT2D eigenvalue weighted by Crippen LogP contribution is 2.44. The zero-order valence-corrected chi connectivity index (χ0v) is 22.5. The molecule has 1 N–H and O–H groups in total. The first-order valence-corrected chi connectivity index (χ1v) is 13.5. The van der Waals surface area contributed by atoms with Crippen LogP contribution in [0.2, 0.25) is 0 Å². The fourth-order valence-corrected chi connectivity index (χ4v) is 6.03. The number of aromatic nitrogens is 1. The maximum absolute atomic E-state index is 13.7. The summed E-state index contributed by atoms with van der Waals surface area (Å²) in [6, 6.07) is 10.1. The number of thiophene rings is 1. The SMILES string of the molecule is COc1cc2c(cc1C(=O)NCC(=O)N(C)C)-c1c(-c3cccs3)cc(C(=O)N3CCCC3C)n1CC2. The molecule has 3 aromatic rings. The lowest BCUT2D eigenvalue weighted by molar-refractivity contribution is -0.127. The topological polar surface area (TPSA) is 83.9 Å². The highest BCUT2D eigenvalue weighted by molar-refractivity contribution is 7.13. The molecule has 0 aliphatic carbocycles. The molecule has 1 aromatic carbocycles. The van der Waals surface area contributed by atoms with Crippen LogP contribution < -0.4 is 10.1 Å². The van der Waals surface area contributed by atoms with Crippen LogP contribution in [0.1, 0.15) is 46.2 Å². The van der Waals surface area contributed by atoms with Crippen molar-refractivity contribution in [1.82, 2.24) is 19.7 Å². The van der Waals surface area contributed by atoms with Gasteiger partial charge in [-0.25, -0.2) is 0 Å². The Bertz CT molecular complexity index is 1360. The van der Waals surface area contributed by atoms with Gasteiger partial charge in [0.2, 0.25) is 5.91 Å². The number of fused-ring (bicyclic) bond motifs is 3. The maximum atomic E-state index is 13.7. The van der Waals surface area contributed by atoms with Gasteiger partial charge in [0.05, 0.1) is 24.9 Å². The third-order valence-corrected chi connectivity index (χ3v) is 8.25. The van der Waals surface area contributed by atoms with Crippen LogP contribution in [-0.4, -0.2) is 72.4 Å². The number of likely N-dealkylation sites (tertiary alicyclic amines) is 1. The van der Waals surface area contributed by atoms with Gasteiger partial charge in [-0.05, 0) is 61.4 Å². The summed E-state index contributed by atoms with van der Waals surface area (Å²) in [5.41, 5.74) is 4.96. The van der Waals surface area contributed by atoms with E-state index < -0.39 is 0 Å². The van der Waals surface area contributed by atoms with Gasteiger partial charge in [-0.15, -0.1) is 11.3 Å². The average molecular weight is 521 g/mol. The molecule has 4 heterocycles. The van der Waals surface area contributed by atoms with Crippen LogP contribution in [-0.2, 0) is 17.8 Å². The number of methoxy groups -OCH3 is 1. The van der Waals surface area contributed by atoms with Gasteiger partial charge in [0, 0.05) is 49.2 Å². The summed E-state index contributed by atoms with van der Waals surface area (Å²) in [5, 5.41) is 4.75. The third-order valence-electron chi connectivity index (χ3n) is 7.35. The number of nitrogens with one attached hydrogen (secondary N) is 1. The number of aryl methyl sites for hydroxylation is 1. The van der Waals surface area contributed by atoms with Gasteiger partial charge in [-0.1, -0.05) is 6.07 Å². The monoisotopic (exact) mass is 520 g/mol. The van der Waals surface area contributed by atoms with E-state index in [9.17, 15) is 14.4 Å². The van der Waals surface area contributed by atoms with Crippen molar-refractivity contribution in [3.63, 3.8) is 0 Å². The number of likely N-dealkylation sites (N-methyl/N-ethyl adjacent to an activating group) is 1. The largest absolute Gasteiger partial charge is 0.496 e. The van der Waals surface area contributed by atoms with Gasteiger partial charge < -0.3 is 24.4 Å². The lowest BCUT2D eigenvalue weighted by Crippen LogP contribution is -2.36. The van der Waals surface area contributed by atoms with E-state index in [1.165, 1.54) is 4.90 Å². The Kier molecular flexibility index (Phi) is 6.81. The number of nitrogens with zero attached hydrogens (tertiary/aromatic N) is 3. The first kappa shape index (κ1) is 25.1. The summed E-state index contributed by atoms with van der Waals surface area (Å²) in [5.74, 6) is -0.0450. The number of ether oxygens (including phenoxy) is 1. The molecule has 5 rings (SSSR count). The molecule has 0 spiro atoms. The number of amides is 3. The Hall–Kier alpha value is -3.59. The fraction of sp³-hybridized carbons (Fsp3) is 0.393. The molecule has 3 amide bonds. The van der Waals surface area contributed by atoms with Crippen molar-refractivity contribution in [2.24, 2.45) is 0 Å². The Morgan fingerprint density at radius 1 is 1.16 bits per heavy atom. The summed E-state index contributed by atoms with van der Waals surface area (Å²) in [6.45, 7) is 3.45. The van der Waals surface area contributed by atoms with Crippen LogP contribution in [0.4, 0.5) is 0 Å². The number of hydrogen-bond acceptors (Lipinski definition) is 5. The van der Waals surface area contributed by atoms with Gasteiger partial charge in [-0.2, -0.15) is 0 Å². The minimum Gasteiger partial charge on any atom is -0.496 e. The first-order valence-electron chi connectivity index (χ1n) is 12.6. The highest BCUT2D eigenvalue weighted by atomic mass is 32.1. The Labute approximate surface area is 220 Å². The van der Waals surface area contributed by atoms with Crippen molar-refractivity contribution in [2.75, 3.05) is 34.3 Å². The molecule has 194 valence electrons. The lowest BCUT2D eigenvalue weighted by Gasteiger charge is -2.26. The molecular formula is C28H32N4O4S. The second-order valence-electron chi connectivity index (χ2n) is 9.84. The van der Waals surface area contributed by atoms with Crippen molar-refractivity contribution >= 4 is 29.1 Å². The summed E-state index contributed by atoms with van der Waals surface area (Å²) < 4.78 is 7.70. The Morgan fingerprint density at radius 3 is 2.62 bits per heavy atom. The standard InChI is InChI=1S/C28H32N4O4S/c1-17-7-5-10-31(17)28(35)22-15-21(24-8-6-12-37-24)26-19-14-20(27(34)29-16-25(33)30(2)3)23(36-4)13-18(19)9-11-32(22)26/h6,8,12-15,17H,5,7,9-11,16H2,1-4H3,(H,29,34). The molecular weight excluding hydrogens is 488 g/mol. The maximum Gasteiger partial charge on any atom is 0.270 e. The molecule has 1 unspecified atom stereocenters. The molecule has 2 aromatic heterocycles. The van der Waals surface area contributed by atoms with Gasteiger partial charge in [0.25, 0.3) is 11.8 Å². The van der Waals surface area contributed by atoms with Gasteiger partial charge in [-0.3, -0.25) is 14.4 Å². The molecule has 9 heteroatoms. The van der Waals surface area contributed by atoms with Crippen LogP contribution in [0, 0.1) is 0 Å². The second kappa shape index (κ2) is 10.0. The van der Waals surface area contributed by atoms with Crippen molar-refractivity contribution in [1.29, 1.82) is 0 Å². The van der Waals surface area contributed by atoms with E-state index in [0.29, 0.717) is 30.0 Å². The van der Waals surface area contributed by atoms with Crippen LogP contribution in [0.5, 0.6) is 5.75 Å². The minimum atomic E-state index is -0.376. The van der Waals surface area contributed by atoms with E-state index in [-0.39, 0.29) is 30.3 Å². The van der Waals surface area contributed by atoms with Gasteiger partial charge >= 0.3 is 0 Å². The quantitative estimate of drug-likeness (QED) is 0.535. The summed E-state index contributed by atoms with van der Waals surface area (Å²) in [7, 11) is 4.84. The van der Waals surface area contributed by atoms with Crippen LogP contribution in [0.15, 0.2) is 35.7 Å². The number of carbonyl (C=O) groups is 3. The number of carbonyl (C=O) groups excluding carboxylic acids is 3. The van der Waals surface area contributed by atoms with E-state index >= 15 is 0 Å². The molecule has 0 saturated carbocycles. The minimum absolute atomic E-state index is 0.0613. The summed E-state index contributed by atoms with van der Waals surface area (Å²) in [6.07, 6.45) is 2.76. The predicted molar refractivity (Wildman–Crippen MR) is 144 cm³/mol. The van der Waals surface area contributed by atoms with E-state index in [1.807, 2.05) is 34.5 Å². The highest BCUT2D eigenvalue weighted by Gasteiger charge is 2.33. The Morgan fingerprint density at radius 2 is 1.97 bits per heavy atom. The molecule has 1 atom stereocenters. The van der Waals surface area contributed by atoms with E-state index in [4.69, 9.17) is 4.74 Å². The predicted octanol–water partition coefficient (Wildman–Crippen LogP) is 3.89. The third kappa shape index (κ3) is 4.52. The lowest BCUT2D eigenvalue weighted by atomic mass is 9.93. The zero-order chi connectivity index (χ0) is 26.3. The molecule has 1 fully saturated rings. The molecule has 37 heavy (non-hydrogen) atoms. The first-order chi connectivity index (χ1) is 17.8. The molecule has 0 radical (unpaired) electrons. The van der Waals surface area contributed by atoms with Crippen molar-refractivity contribution in [3.8, 4) is 27.4 Å². The van der Waals surface area contributed by atoms with Gasteiger partial charge in [0.1, 0.15) is 11.4 Å². The number of benzene rings is 1. The van der Waals surface area contributed by atoms with Crippen molar-refractivity contribution in [3.05, 3.63) is 52.5 Å². The molecule has 2 aliphatic rings. The van der Waals surface area contributed by atoms with Crippen LogP contribution in [0.25, 0.3) is 21.7 Å². The zero-order valence-electron chi connectivity index (χ0n) is 21.7. The molecule has 1 saturated heterocycles.